The molecular formula is C14H17ClFNO3. The van der Waals surface area contributed by atoms with E-state index >= 15 is 0 Å². The first-order valence-corrected chi connectivity index (χ1v) is 6.71. The molecule has 0 aliphatic carbocycles. The lowest BCUT2D eigenvalue weighted by atomic mass is 9.79. The van der Waals surface area contributed by atoms with E-state index in [0.29, 0.717) is 12.8 Å². The number of hydrogen-bond acceptors (Lipinski definition) is 2. The summed E-state index contributed by atoms with van der Waals surface area (Å²) < 4.78 is 13.7. The molecule has 4 nitrogen and oxygen atoms in total. The van der Waals surface area contributed by atoms with E-state index < -0.39 is 23.1 Å². The number of carboxylic acid groups (broad SMARTS) is 1. The summed E-state index contributed by atoms with van der Waals surface area (Å²) in [6.45, 7) is 3.43. The molecule has 0 aliphatic rings. The van der Waals surface area contributed by atoms with Crippen molar-refractivity contribution in [3.05, 3.63) is 29.0 Å². The Morgan fingerprint density at radius 2 is 1.95 bits per heavy atom. The summed E-state index contributed by atoms with van der Waals surface area (Å²) in [5, 5.41) is 11.5. The predicted octanol–water partition coefficient (Wildman–Crippen LogP) is 3.70. The number of rotatable bonds is 6. The van der Waals surface area contributed by atoms with Gasteiger partial charge >= 0.3 is 5.97 Å². The van der Waals surface area contributed by atoms with Gasteiger partial charge in [-0.3, -0.25) is 9.59 Å². The van der Waals surface area contributed by atoms with Crippen molar-refractivity contribution in [3.8, 4) is 0 Å². The van der Waals surface area contributed by atoms with Crippen LogP contribution in [0.3, 0.4) is 0 Å². The van der Waals surface area contributed by atoms with Crippen LogP contribution < -0.4 is 5.32 Å². The van der Waals surface area contributed by atoms with E-state index in [1.54, 1.807) is 13.8 Å². The lowest BCUT2D eigenvalue weighted by molar-refractivity contribution is -0.151. The van der Waals surface area contributed by atoms with Gasteiger partial charge in [0.05, 0.1) is 16.1 Å². The van der Waals surface area contributed by atoms with Crippen LogP contribution in [0.1, 0.15) is 33.1 Å². The SMILES string of the molecule is CCC(CC)(CC(=O)Nc1cccc(Cl)c1F)C(=O)O. The highest BCUT2D eigenvalue weighted by Gasteiger charge is 2.37. The van der Waals surface area contributed by atoms with Crippen molar-refractivity contribution in [1.82, 2.24) is 0 Å². The molecule has 110 valence electrons. The smallest absolute Gasteiger partial charge is 0.310 e. The van der Waals surface area contributed by atoms with Crippen molar-refractivity contribution < 1.29 is 19.1 Å². The van der Waals surface area contributed by atoms with Crippen molar-refractivity contribution in [3.63, 3.8) is 0 Å². The monoisotopic (exact) mass is 301 g/mol. The number of benzene rings is 1. The highest BCUT2D eigenvalue weighted by molar-refractivity contribution is 6.31. The second-order valence-corrected chi connectivity index (χ2v) is 5.03. The Morgan fingerprint density at radius 1 is 1.35 bits per heavy atom. The van der Waals surface area contributed by atoms with Gasteiger partial charge in [-0.1, -0.05) is 31.5 Å². The van der Waals surface area contributed by atoms with Gasteiger partial charge in [-0.15, -0.1) is 0 Å². The zero-order valence-corrected chi connectivity index (χ0v) is 12.1. The Morgan fingerprint density at radius 3 is 2.45 bits per heavy atom. The number of nitrogens with one attached hydrogen (secondary N) is 1. The minimum atomic E-state index is -1.13. The van der Waals surface area contributed by atoms with Crippen LogP contribution in [0, 0.1) is 11.2 Å². The molecule has 0 fully saturated rings. The molecule has 0 spiro atoms. The first-order valence-electron chi connectivity index (χ1n) is 6.33. The molecule has 0 radical (unpaired) electrons. The third-order valence-corrected chi connectivity index (χ3v) is 3.82. The largest absolute Gasteiger partial charge is 0.481 e. The third-order valence-electron chi connectivity index (χ3n) is 3.53. The molecule has 6 heteroatoms. The van der Waals surface area contributed by atoms with E-state index in [4.69, 9.17) is 11.6 Å². The van der Waals surface area contributed by atoms with Crippen LogP contribution in [-0.2, 0) is 9.59 Å². The average Bonchev–Trinajstić information content (AvgIpc) is 2.41. The molecule has 0 aliphatic heterocycles. The van der Waals surface area contributed by atoms with Crippen molar-refractivity contribution in [1.29, 1.82) is 0 Å². The summed E-state index contributed by atoms with van der Waals surface area (Å²) in [6.07, 6.45) is 0.440. The summed E-state index contributed by atoms with van der Waals surface area (Å²) in [5.41, 5.74) is -1.17. The molecule has 1 aromatic rings. The molecular weight excluding hydrogens is 285 g/mol. The highest BCUT2D eigenvalue weighted by atomic mass is 35.5. The molecule has 0 heterocycles. The summed E-state index contributed by atoms with van der Waals surface area (Å²) in [6, 6.07) is 4.25. The first-order chi connectivity index (χ1) is 9.36. The van der Waals surface area contributed by atoms with Gasteiger partial charge in [0.1, 0.15) is 0 Å². The maximum Gasteiger partial charge on any atom is 0.310 e. The second-order valence-electron chi connectivity index (χ2n) is 4.62. The minimum absolute atomic E-state index is 0.0472. The second kappa shape index (κ2) is 6.70. The molecule has 0 aromatic heterocycles. The van der Waals surface area contributed by atoms with E-state index in [1.807, 2.05) is 0 Å². The Hall–Kier alpha value is -1.62. The topological polar surface area (TPSA) is 66.4 Å². The number of carbonyl (C=O) groups excluding carboxylic acids is 1. The van der Waals surface area contributed by atoms with Gasteiger partial charge in [-0.05, 0) is 25.0 Å². The standard InChI is InChI=1S/C14H17ClFNO3/c1-3-14(4-2,13(19)20)8-11(18)17-10-7-5-6-9(15)12(10)16/h5-7H,3-4,8H2,1-2H3,(H,17,18)(H,19,20). The molecule has 0 saturated heterocycles. The average molecular weight is 302 g/mol. The predicted molar refractivity (Wildman–Crippen MR) is 75.3 cm³/mol. The van der Waals surface area contributed by atoms with Gasteiger partial charge in [-0.2, -0.15) is 0 Å². The fourth-order valence-electron chi connectivity index (χ4n) is 1.98. The van der Waals surface area contributed by atoms with Crippen LogP contribution in [-0.4, -0.2) is 17.0 Å². The molecule has 20 heavy (non-hydrogen) atoms. The summed E-state index contributed by atoms with van der Waals surface area (Å²) in [7, 11) is 0. The number of carbonyl (C=O) groups is 2. The maximum atomic E-state index is 13.7. The molecule has 0 atom stereocenters. The van der Waals surface area contributed by atoms with E-state index in [0.717, 1.165) is 0 Å². The van der Waals surface area contributed by atoms with Crippen LogP contribution in [0.25, 0.3) is 0 Å². The summed E-state index contributed by atoms with van der Waals surface area (Å²) in [4.78, 5) is 23.2. The Labute approximate surface area is 121 Å². The van der Waals surface area contributed by atoms with Crippen LogP contribution in [0.5, 0.6) is 0 Å². The number of amides is 1. The highest BCUT2D eigenvalue weighted by Crippen LogP contribution is 2.32. The molecule has 0 unspecified atom stereocenters. The van der Waals surface area contributed by atoms with Crippen LogP contribution in [0.4, 0.5) is 10.1 Å². The Bertz CT molecular complexity index is 515. The lowest BCUT2D eigenvalue weighted by Crippen LogP contribution is -2.34. The molecule has 1 amide bonds. The zero-order valence-electron chi connectivity index (χ0n) is 11.4. The van der Waals surface area contributed by atoms with Crippen molar-refractivity contribution in [2.24, 2.45) is 5.41 Å². The van der Waals surface area contributed by atoms with Crippen LogP contribution in [0.2, 0.25) is 5.02 Å². The molecule has 0 saturated carbocycles. The van der Waals surface area contributed by atoms with Crippen LogP contribution in [0.15, 0.2) is 18.2 Å². The maximum absolute atomic E-state index is 13.7. The Balaban J connectivity index is 2.86. The third kappa shape index (κ3) is 3.48. The fraction of sp³-hybridized carbons (Fsp3) is 0.429. The first kappa shape index (κ1) is 16.4. The van der Waals surface area contributed by atoms with Gasteiger partial charge in [-0.25, -0.2) is 4.39 Å². The Kier molecular flexibility index (Phi) is 5.51. The van der Waals surface area contributed by atoms with E-state index in [2.05, 4.69) is 5.32 Å². The molecule has 1 rings (SSSR count). The number of halogens is 2. The zero-order chi connectivity index (χ0) is 15.3. The van der Waals surface area contributed by atoms with Crippen molar-refractivity contribution in [2.75, 3.05) is 5.32 Å². The fourth-order valence-corrected chi connectivity index (χ4v) is 2.15. The van der Waals surface area contributed by atoms with Crippen molar-refractivity contribution >= 4 is 29.2 Å². The number of anilines is 1. The quantitative estimate of drug-likeness (QED) is 0.842. The summed E-state index contributed by atoms with van der Waals surface area (Å²) >= 11 is 5.61. The number of carboxylic acids is 1. The van der Waals surface area contributed by atoms with Gasteiger partial charge in [0, 0.05) is 6.42 Å². The normalized spacial score (nSPS) is 11.2. The minimum Gasteiger partial charge on any atom is -0.481 e. The van der Waals surface area contributed by atoms with Gasteiger partial charge < -0.3 is 10.4 Å². The van der Waals surface area contributed by atoms with Crippen LogP contribution >= 0.6 is 11.6 Å². The van der Waals surface area contributed by atoms with E-state index in [9.17, 15) is 19.1 Å². The molecule has 0 bridgehead atoms. The van der Waals surface area contributed by atoms with Gasteiger partial charge in [0.15, 0.2) is 5.82 Å². The number of aliphatic carboxylic acids is 1. The van der Waals surface area contributed by atoms with E-state index in [1.165, 1.54) is 18.2 Å². The van der Waals surface area contributed by atoms with E-state index in [-0.39, 0.29) is 17.1 Å². The molecule has 2 N–H and O–H groups in total. The lowest BCUT2D eigenvalue weighted by Gasteiger charge is -2.25. The molecule has 1 aromatic carbocycles. The van der Waals surface area contributed by atoms with Gasteiger partial charge in [0.2, 0.25) is 5.91 Å². The van der Waals surface area contributed by atoms with Gasteiger partial charge in [0.25, 0.3) is 0 Å². The summed E-state index contributed by atoms with van der Waals surface area (Å²) in [5.74, 6) is -2.29. The van der Waals surface area contributed by atoms with Crippen molar-refractivity contribution in [2.45, 2.75) is 33.1 Å². The number of hydrogen-bond donors (Lipinski definition) is 2.